The fourth-order valence-electron chi connectivity index (χ4n) is 2.73. The molecule has 0 aliphatic carbocycles. The Balaban J connectivity index is 1.53. The largest absolute Gasteiger partial charge is 0.373 e. The number of ether oxygens (including phenoxy) is 1. The van der Waals surface area contributed by atoms with Gasteiger partial charge in [-0.05, 0) is 19.3 Å². The first kappa shape index (κ1) is 12.5. The van der Waals surface area contributed by atoms with E-state index in [2.05, 4.69) is 15.8 Å². The predicted molar refractivity (Wildman–Crippen MR) is 69.0 cm³/mol. The lowest BCUT2D eigenvalue weighted by atomic mass is 9.96. The number of fused-ring (bicyclic) bond motifs is 2. The third-order valence-corrected chi connectivity index (χ3v) is 3.76. The van der Waals surface area contributed by atoms with E-state index < -0.39 is 0 Å². The second-order valence-electron chi connectivity index (χ2n) is 5.58. The lowest BCUT2D eigenvalue weighted by Crippen LogP contribution is -2.43. The molecule has 6 nitrogen and oxygen atoms in total. The number of amides is 2. The monoisotopic (exact) mass is 265 g/mol. The Morgan fingerprint density at radius 2 is 2.32 bits per heavy atom. The van der Waals surface area contributed by atoms with E-state index in [1.54, 1.807) is 6.07 Å². The maximum absolute atomic E-state index is 11.9. The minimum Gasteiger partial charge on any atom is -0.373 e. The van der Waals surface area contributed by atoms with E-state index in [0.29, 0.717) is 11.9 Å². The van der Waals surface area contributed by atoms with Crippen molar-refractivity contribution in [1.82, 2.24) is 10.5 Å². The van der Waals surface area contributed by atoms with Crippen molar-refractivity contribution in [2.75, 3.05) is 5.32 Å². The molecule has 2 amide bonds. The zero-order chi connectivity index (χ0) is 13.4. The Labute approximate surface area is 111 Å². The van der Waals surface area contributed by atoms with Gasteiger partial charge in [-0.25, -0.2) is 4.79 Å². The van der Waals surface area contributed by atoms with Crippen LogP contribution in [0.5, 0.6) is 0 Å². The number of anilines is 1. The Kier molecular flexibility index (Phi) is 3.18. The van der Waals surface area contributed by atoms with Crippen molar-refractivity contribution in [1.29, 1.82) is 0 Å². The standard InChI is InChI=1S/C13H19N3O3/c1-7(2)11-6-12(16-19-11)15-13(17)14-9-5-8-3-4-10(9)18-8/h6-10H,3-5H2,1-2H3,(H2,14,15,16,17)/t8-,9-,10+/m1/s1. The molecule has 1 aromatic heterocycles. The van der Waals surface area contributed by atoms with Gasteiger partial charge in [0.2, 0.25) is 0 Å². The molecule has 0 radical (unpaired) electrons. The van der Waals surface area contributed by atoms with E-state index in [9.17, 15) is 4.79 Å². The summed E-state index contributed by atoms with van der Waals surface area (Å²) < 4.78 is 10.8. The molecule has 0 unspecified atom stereocenters. The van der Waals surface area contributed by atoms with E-state index >= 15 is 0 Å². The number of nitrogens with zero attached hydrogens (tertiary/aromatic N) is 1. The molecule has 19 heavy (non-hydrogen) atoms. The third kappa shape index (κ3) is 2.58. The molecule has 2 aliphatic rings. The van der Waals surface area contributed by atoms with Gasteiger partial charge < -0.3 is 14.6 Å². The molecule has 0 aromatic carbocycles. The molecule has 6 heteroatoms. The second kappa shape index (κ2) is 4.85. The van der Waals surface area contributed by atoms with Crippen LogP contribution in [0, 0.1) is 0 Å². The summed E-state index contributed by atoms with van der Waals surface area (Å²) in [7, 11) is 0. The normalized spacial score (nSPS) is 28.9. The molecule has 0 saturated carbocycles. The lowest BCUT2D eigenvalue weighted by molar-refractivity contribution is 0.0984. The Morgan fingerprint density at radius 1 is 1.47 bits per heavy atom. The fourth-order valence-corrected chi connectivity index (χ4v) is 2.73. The van der Waals surface area contributed by atoms with Crippen LogP contribution >= 0.6 is 0 Å². The molecule has 3 heterocycles. The first-order valence-corrected chi connectivity index (χ1v) is 6.81. The highest BCUT2D eigenvalue weighted by Gasteiger charge is 2.41. The maximum atomic E-state index is 11.9. The van der Waals surface area contributed by atoms with Crippen LogP contribution < -0.4 is 10.6 Å². The SMILES string of the molecule is CC(C)c1cc(NC(=O)N[C@@H]2C[C@H]3CC[C@@H]2O3)no1. The van der Waals surface area contributed by atoms with E-state index in [0.717, 1.165) is 25.0 Å². The minimum atomic E-state index is -0.246. The molecule has 2 bridgehead atoms. The number of aromatic nitrogens is 1. The van der Waals surface area contributed by atoms with Crippen LogP contribution in [0.15, 0.2) is 10.6 Å². The van der Waals surface area contributed by atoms with Crippen LogP contribution in [0.1, 0.15) is 44.8 Å². The van der Waals surface area contributed by atoms with Crippen LogP contribution in [-0.2, 0) is 4.74 Å². The van der Waals surface area contributed by atoms with Gasteiger partial charge in [-0.2, -0.15) is 0 Å². The molecule has 3 rings (SSSR count). The van der Waals surface area contributed by atoms with Crippen molar-refractivity contribution in [2.45, 2.75) is 57.3 Å². The topological polar surface area (TPSA) is 76.4 Å². The average Bonchev–Trinajstić information content (AvgIpc) is 3.03. The Bertz CT molecular complexity index is 471. The number of hydrogen-bond acceptors (Lipinski definition) is 4. The van der Waals surface area contributed by atoms with Crippen molar-refractivity contribution in [2.24, 2.45) is 0 Å². The van der Waals surface area contributed by atoms with Gasteiger partial charge in [-0.3, -0.25) is 5.32 Å². The zero-order valence-corrected chi connectivity index (χ0v) is 11.2. The first-order chi connectivity index (χ1) is 9.11. The third-order valence-electron chi connectivity index (χ3n) is 3.76. The van der Waals surface area contributed by atoms with E-state index in [-0.39, 0.29) is 24.1 Å². The summed E-state index contributed by atoms with van der Waals surface area (Å²) in [6.07, 6.45) is 3.57. The molecule has 2 N–H and O–H groups in total. The molecule has 104 valence electrons. The fraction of sp³-hybridized carbons (Fsp3) is 0.692. The number of hydrogen-bond donors (Lipinski definition) is 2. The highest BCUT2D eigenvalue weighted by molar-refractivity contribution is 5.88. The van der Waals surface area contributed by atoms with Crippen LogP contribution in [0.4, 0.5) is 10.6 Å². The number of carbonyl (C=O) groups excluding carboxylic acids is 1. The molecule has 2 aliphatic heterocycles. The number of carbonyl (C=O) groups is 1. The number of urea groups is 1. The number of rotatable bonds is 3. The van der Waals surface area contributed by atoms with Crippen molar-refractivity contribution >= 4 is 11.8 Å². The van der Waals surface area contributed by atoms with E-state index in [4.69, 9.17) is 9.26 Å². The van der Waals surface area contributed by atoms with Gasteiger partial charge in [0.15, 0.2) is 5.82 Å². The minimum absolute atomic E-state index is 0.121. The molecule has 1 aromatic rings. The highest BCUT2D eigenvalue weighted by atomic mass is 16.5. The summed E-state index contributed by atoms with van der Waals surface area (Å²) >= 11 is 0. The van der Waals surface area contributed by atoms with Gasteiger partial charge in [0, 0.05) is 12.0 Å². The summed E-state index contributed by atoms with van der Waals surface area (Å²) in [6, 6.07) is 1.63. The summed E-state index contributed by atoms with van der Waals surface area (Å²) in [4.78, 5) is 11.9. The van der Waals surface area contributed by atoms with Gasteiger partial charge in [-0.15, -0.1) is 0 Å². The summed E-state index contributed by atoms with van der Waals surface area (Å²) in [6.45, 7) is 4.02. The average molecular weight is 265 g/mol. The maximum Gasteiger partial charge on any atom is 0.320 e. The van der Waals surface area contributed by atoms with E-state index in [1.807, 2.05) is 13.8 Å². The Hall–Kier alpha value is -1.56. The summed E-state index contributed by atoms with van der Waals surface area (Å²) in [5.74, 6) is 1.47. The van der Waals surface area contributed by atoms with Gasteiger partial charge in [-0.1, -0.05) is 19.0 Å². The molecular formula is C13H19N3O3. The molecular weight excluding hydrogens is 246 g/mol. The van der Waals surface area contributed by atoms with Gasteiger partial charge in [0.05, 0.1) is 18.2 Å². The van der Waals surface area contributed by atoms with Crippen LogP contribution in [0.25, 0.3) is 0 Å². The molecule has 2 saturated heterocycles. The predicted octanol–water partition coefficient (Wildman–Crippen LogP) is 2.24. The second-order valence-corrected chi connectivity index (χ2v) is 5.58. The number of nitrogens with one attached hydrogen (secondary N) is 2. The van der Waals surface area contributed by atoms with Crippen molar-refractivity contribution < 1.29 is 14.1 Å². The lowest BCUT2D eigenvalue weighted by Gasteiger charge is -2.19. The van der Waals surface area contributed by atoms with Gasteiger partial charge >= 0.3 is 6.03 Å². The summed E-state index contributed by atoms with van der Waals surface area (Å²) in [5, 5.41) is 9.46. The smallest absolute Gasteiger partial charge is 0.320 e. The van der Waals surface area contributed by atoms with Crippen molar-refractivity contribution in [3.8, 4) is 0 Å². The van der Waals surface area contributed by atoms with Crippen LogP contribution in [0.3, 0.4) is 0 Å². The Morgan fingerprint density at radius 3 is 2.89 bits per heavy atom. The van der Waals surface area contributed by atoms with Crippen LogP contribution in [0.2, 0.25) is 0 Å². The first-order valence-electron chi connectivity index (χ1n) is 6.81. The molecule has 2 fully saturated rings. The quantitative estimate of drug-likeness (QED) is 0.878. The van der Waals surface area contributed by atoms with Gasteiger partial charge in [0.25, 0.3) is 0 Å². The highest BCUT2D eigenvalue weighted by Crippen LogP contribution is 2.34. The van der Waals surface area contributed by atoms with Gasteiger partial charge in [0.1, 0.15) is 5.76 Å². The summed E-state index contributed by atoms with van der Waals surface area (Å²) in [5.41, 5.74) is 0. The van der Waals surface area contributed by atoms with Crippen LogP contribution in [-0.4, -0.2) is 29.4 Å². The van der Waals surface area contributed by atoms with Crippen molar-refractivity contribution in [3.05, 3.63) is 11.8 Å². The van der Waals surface area contributed by atoms with E-state index in [1.165, 1.54) is 0 Å². The zero-order valence-electron chi connectivity index (χ0n) is 11.2. The molecule has 3 atom stereocenters. The van der Waals surface area contributed by atoms with Crippen molar-refractivity contribution in [3.63, 3.8) is 0 Å². The molecule has 0 spiro atoms.